The van der Waals surface area contributed by atoms with Gasteiger partial charge in [-0.15, -0.1) is 0 Å². The van der Waals surface area contributed by atoms with Gasteiger partial charge in [0, 0.05) is 0 Å². The maximum Gasteiger partial charge on any atom is 0.0978 e. The second kappa shape index (κ2) is 5.02. The third-order valence-corrected chi connectivity index (χ3v) is 2.32. The van der Waals surface area contributed by atoms with Gasteiger partial charge in [0.15, 0.2) is 0 Å². The first-order valence-electron chi connectivity index (χ1n) is 4.77. The van der Waals surface area contributed by atoms with Crippen molar-refractivity contribution < 1.29 is 4.74 Å². The predicted octanol–water partition coefficient (Wildman–Crippen LogP) is 3.43. The summed E-state index contributed by atoms with van der Waals surface area (Å²) in [4.78, 5) is 0. The summed E-state index contributed by atoms with van der Waals surface area (Å²) in [5.41, 5.74) is 1.11. The standard InChI is InChI=1S/C11H18O/c1-3-10(2)9-12-11-7-5-4-6-8-11/h3,9,11H,1,4-8H2,2H3/b10-9-. The van der Waals surface area contributed by atoms with Crippen molar-refractivity contribution in [3.8, 4) is 0 Å². The van der Waals surface area contributed by atoms with Crippen molar-refractivity contribution in [3.63, 3.8) is 0 Å². The second-order valence-electron chi connectivity index (χ2n) is 3.46. The van der Waals surface area contributed by atoms with Crippen molar-refractivity contribution in [1.82, 2.24) is 0 Å². The van der Waals surface area contributed by atoms with Crippen molar-refractivity contribution in [2.45, 2.75) is 45.1 Å². The van der Waals surface area contributed by atoms with E-state index in [-0.39, 0.29) is 0 Å². The summed E-state index contributed by atoms with van der Waals surface area (Å²) in [5.74, 6) is 0. The van der Waals surface area contributed by atoms with E-state index in [4.69, 9.17) is 4.74 Å². The van der Waals surface area contributed by atoms with Gasteiger partial charge in [0.05, 0.1) is 12.4 Å². The summed E-state index contributed by atoms with van der Waals surface area (Å²) >= 11 is 0. The average Bonchev–Trinajstić information content (AvgIpc) is 2.16. The molecule has 0 saturated heterocycles. The molecule has 0 heterocycles. The molecule has 0 aromatic rings. The number of rotatable bonds is 3. The zero-order valence-electron chi connectivity index (χ0n) is 7.88. The molecule has 12 heavy (non-hydrogen) atoms. The fraction of sp³-hybridized carbons (Fsp3) is 0.636. The van der Waals surface area contributed by atoms with Gasteiger partial charge < -0.3 is 4.74 Å². The number of allylic oxidation sites excluding steroid dienone is 2. The minimum atomic E-state index is 0.466. The van der Waals surface area contributed by atoms with E-state index in [0.717, 1.165) is 5.57 Å². The molecule has 1 heteroatoms. The Morgan fingerprint density at radius 2 is 2.00 bits per heavy atom. The summed E-state index contributed by atoms with van der Waals surface area (Å²) in [7, 11) is 0. The molecule has 0 bridgehead atoms. The Kier molecular flexibility index (Phi) is 3.92. The summed E-state index contributed by atoms with van der Waals surface area (Å²) in [6.45, 7) is 5.69. The van der Waals surface area contributed by atoms with E-state index in [1.807, 2.05) is 19.3 Å². The molecule has 68 valence electrons. The molecular weight excluding hydrogens is 148 g/mol. The van der Waals surface area contributed by atoms with Crippen molar-refractivity contribution in [2.75, 3.05) is 0 Å². The lowest BCUT2D eigenvalue weighted by Gasteiger charge is -2.21. The predicted molar refractivity (Wildman–Crippen MR) is 51.9 cm³/mol. The van der Waals surface area contributed by atoms with E-state index in [2.05, 4.69) is 6.58 Å². The van der Waals surface area contributed by atoms with Gasteiger partial charge in [-0.25, -0.2) is 0 Å². The van der Waals surface area contributed by atoms with Gasteiger partial charge in [0.25, 0.3) is 0 Å². The molecule has 0 spiro atoms. The van der Waals surface area contributed by atoms with Crippen LogP contribution >= 0.6 is 0 Å². The highest BCUT2D eigenvalue weighted by atomic mass is 16.5. The molecule has 0 aliphatic heterocycles. The maximum atomic E-state index is 5.60. The largest absolute Gasteiger partial charge is 0.498 e. The minimum Gasteiger partial charge on any atom is -0.498 e. The molecule has 1 aliphatic rings. The van der Waals surface area contributed by atoms with Gasteiger partial charge >= 0.3 is 0 Å². The summed E-state index contributed by atoms with van der Waals surface area (Å²) in [6.07, 6.45) is 10.6. The van der Waals surface area contributed by atoms with Crippen LogP contribution in [0.5, 0.6) is 0 Å². The van der Waals surface area contributed by atoms with E-state index >= 15 is 0 Å². The van der Waals surface area contributed by atoms with Crippen LogP contribution in [0.2, 0.25) is 0 Å². The molecule has 1 aliphatic carbocycles. The van der Waals surface area contributed by atoms with Crippen LogP contribution in [0.1, 0.15) is 39.0 Å². The van der Waals surface area contributed by atoms with Crippen LogP contribution in [0.25, 0.3) is 0 Å². The smallest absolute Gasteiger partial charge is 0.0978 e. The van der Waals surface area contributed by atoms with Crippen molar-refractivity contribution >= 4 is 0 Å². The number of ether oxygens (including phenoxy) is 1. The monoisotopic (exact) mass is 166 g/mol. The van der Waals surface area contributed by atoms with Gasteiger partial charge in [0.2, 0.25) is 0 Å². The molecule has 1 rings (SSSR count). The zero-order valence-corrected chi connectivity index (χ0v) is 7.88. The second-order valence-corrected chi connectivity index (χ2v) is 3.46. The molecule has 0 atom stereocenters. The average molecular weight is 166 g/mol. The molecule has 0 amide bonds. The normalized spacial score (nSPS) is 20.6. The first-order chi connectivity index (χ1) is 5.83. The Labute approximate surface area is 75.1 Å². The van der Waals surface area contributed by atoms with Crippen LogP contribution in [0.3, 0.4) is 0 Å². The quantitative estimate of drug-likeness (QED) is 0.461. The lowest BCUT2D eigenvalue weighted by atomic mass is 9.98. The Bertz CT molecular complexity index is 164. The lowest BCUT2D eigenvalue weighted by molar-refractivity contribution is 0.105. The summed E-state index contributed by atoms with van der Waals surface area (Å²) in [6, 6.07) is 0. The molecule has 1 saturated carbocycles. The molecule has 1 fully saturated rings. The Balaban J connectivity index is 2.25. The third kappa shape index (κ3) is 3.12. The van der Waals surface area contributed by atoms with Crippen molar-refractivity contribution in [2.24, 2.45) is 0 Å². The van der Waals surface area contributed by atoms with Crippen LogP contribution in [0, 0.1) is 0 Å². The first-order valence-corrected chi connectivity index (χ1v) is 4.77. The molecule has 0 unspecified atom stereocenters. The van der Waals surface area contributed by atoms with Gasteiger partial charge in [0.1, 0.15) is 0 Å². The Morgan fingerprint density at radius 3 is 2.58 bits per heavy atom. The highest BCUT2D eigenvalue weighted by Crippen LogP contribution is 2.20. The number of hydrogen-bond donors (Lipinski definition) is 0. The van der Waals surface area contributed by atoms with Crippen LogP contribution < -0.4 is 0 Å². The van der Waals surface area contributed by atoms with E-state index in [1.54, 1.807) is 0 Å². The topological polar surface area (TPSA) is 9.23 Å². The van der Waals surface area contributed by atoms with Gasteiger partial charge in [-0.2, -0.15) is 0 Å². The number of hydrogen-bond acceptors (Lipinski definition) is 1. The minimum absolute atomic E-state index is 0.466. The highest BCUT2D eigenvalue weighted by molar-refractivity contribution is 5.09. The molecule has 0 N–H and O–H groups in total. The molecule has 0 aromatic carbocycles. The van der Waals surface area contributed by atoms with Gasteiger partial charge in [-0.3, -0.25) is 0 Å². The van der Waals surface area contributed by atoms with E-state index < -0.39 is 0 Å². The summed E-state index contributed by atoms with van der Waals surface area (Å²) in [5, 5.41) is 0. The molecule has 0 radical (unpaired) electrons. The van der Waals surface area contributed by atoms with Crippen LogP contribution in [0.4, 0.5) is 0 Å². The van der Waals surface area contributed by atoms with Crippen molar-refractivity contribution in [1.29, 1.82) is 0 Å². The SMILES string of the molecule is C=C/C(C)=C\OC1CCCCC1. The highest BCUT2D eigenvalue weighted by Gasteiger charge is 2.12. The van der Waals surface area contributed by atoms with E-state index in [1.165, 1.54) is 32.1 Å². The van der Waals surface area contributed by atoms with E-state index in [0.29, 0.717) is 6.10 Å². The van der Waals surface area contributed by atoms with Crippen LogP contribution in [0.15, 0.2) is 24.5 Å². The lowest BCUT2D eigenvalue weighted by Crippen LogP contribution is -2.13. The molecule has 1 nitrogen and oxygen atoms in total. The van der Waals surface area contributed by atoms with Crippen molar-refractivity contribution in [3.05, 3.63) is 24.5 Å². The third-order valence-electron chi connectivity index (χ3n) is 2.32. The molecular formula is C11H18O. The molecule has 0 aromatic heterocycles. The van der Waals surface area contributed by atoms with Gasteiger partial charge in [-0.1, -0.05) is 19.1 Å². The summed E-state index contributed by atoms with van der Waals surface area (Å²) < 4.78 is 5.60. The van der Waals surface area contributed by atoms with Gasteiger partial charge in [-0.05, 0) is 38.2 Å². The first kappa shape index (κ1) is 9.37. The zero-order chi connectivity index (χ0) is 8.81. The van der Waals surface area contributed by atoms with E-state index in [9.17, 15) is 0 Å². The Hall–Kier alpha value is -0.720. The fourth-order valence-electron chi connectivity index (χ4n) is 1.45. The fourth-order valence-corrected chi connectivity index (χ4v) is 1.45. The maximum absolute atomic E-state index is 5.60. The van der Waals surface area contributed by atoms with Crippen LogP contribution in [-0.2, 0) is 4.74 Å². The Morgan fingerprint density at radius 1 is 1.33 bits per heavy atom. The van der Waals surface area contributed by atoms with Crippen LogP contribution in [-0.4, -0.2) is 6.10 Å².